The maximum absolute atomic E-state index is 14.0. The molecule has 3 aliphatic heterocycles. The summed E-state index contributed by atoms with van der Waals surface area (Å²) in [5.74, 6) is -6.10. The van der Waals surface area contributed by atoms with Crippen LogP contribution in [0.25, 0.3) is 0 Å². The second-order valence-electron chi connectivity index (χ2n) is 16.7. The molecule has 4 rings (SSSR count). The molecule has 0 aromatic heterocycles. The van der Waals surface area contributed by atoms with Gasteiger partial charge in [-0.05, 0) is 101 Å². The van der Waals surface area contributed by atoms with Gasteiger partial charge in [-0.25, -0.2) is 4.79 Å². The number of cyclic esters (lactones) is 1. The van der Waals surface area contributed by atoms with Crippen molar-refractivity contribution < 1.29 is 49.1 Å². The fourth-order valence-corrected chi connectivity index (χ4v) is 8.51. The van der Waals surface area contributed by atoms with Gasteiger partial charge in [0.25, 0.3) is 11.7 Å². The standard InChI is InChI=1S/C42H65NO10/c1-26-11-7-6-8-12-27(2)37(47)25-34-19-14-30(5)42(51,53-34)39(48)40(49)43-20-10-9-13-35(43)41(50)52-38(24-33(45)23-36(46)28(3)21-26)29(4)22-31-15-17-32(44)18-16-31/h6-8,11-12,26,28-35,37-38,44-45,47,51H,9-10,13-25H2,1-5H3/b8-6+,11-7+,27-12+/t26-,28-,29-,30-,31-,32-,33+,34+,35+,37+,38?,42-/m1/s1. The number of aliphatic hydroxyl groups excluding tert-OH is 3. The van der Waals surface area contributed by atoms with Crippen LogP contribution in [0.3, 0.4) is 0 Å². The minimum absolute atomic E-state index is 0.0475. The van der Waals surface area contributed by atoms with E-state index in [4.69, 9.17) is 9.47 Å². The fraction of sp³-hybridized carbons (Fsp3) is 0.762. The number of hydrogen-bond acceptors (Lipinski definition) is 10. The van der Waals surface area contributed by atoms with Gasteiger partial charge in [-0.1, -0.05) is 58.1 Å². The number of rotatable bonds is 3. The van der Waals surface area contributed by atoms with Crippen molar-refractivity contribution in [3.05, 3.63) is 36.0 Å². The molecule has 2 saturated heterocycles. The molecule has 3 fully saturated rings. The van der Waals surface area contributed by atoms with E-state index >= 15 is 0 Å². The zero-order chi connectivity index (χ0) is 38.9. The van der Waals surface area contributed by atoms with Gasteiger partial charge in [-0.15, -0.1) is 0 Å². The van der Waals surface area contributed by atoms with Gasteiger partial charge in [0, 0.05) is 37.6 Å². The number of ether oxygens (including phenoxy) is 2. The lowest BCUT2D eigenvalue weighted by molar-refractivity contribution is -0.265. The second-order valence-corrected chi connectivity index (χ2v) is 16.7. The highest BCUT2D eigenvalue weighted by Crippen LogP contribution is 2.37. The van der Waals surface area contributed by atoms with Crippen molar-refractivity contribution in [3.63, 3.8) is 0 Å². The summed E-state index contributed by atoms with van der Waals surface area (Å²) in [5.41, 5.74) is 0.666. The first-order chi connectivity index (χ1) is 25.1. The van der Waals surface area contributed by atoms with Crippen molar-refractivity contribution >= 4 is 23.4 Å². The zero-order valence-electron chi connectivity index (χ0n) is 32.5. The Balaban J connectivity index is 1.62. The van der Waals surface area contributed by atoms with E-state index in [1.54, 1.807) is 19.9 Å². The molecule has 1 saturated carbocycles. The molecule has 2 bridgehead atoms. The van der Waals surface area contributed by atoms with Crippen molar-refractivity contribution in [2.24, 2.45) is 29.6 Å². The van der Waals surface area contributed by atoms with Crippen LogP contribution in [0.5, 0.6) is 0 Å². The number of amides is 1. The number of carbonyl (C=O) groups is 4. The molecule has 0 aromatic rings. The van der Waals surface area contributed by atoms with Crippen molar-refractivity contribution in [2.45, 2.75) is 167 Å². The monoisotopic (exact) mass is 743 g/mol. The molecule has 4 N–H and O–H groups in total. The highest BCUT2D eigenvalue weighted by atomic mass is 16.6. The van der Waals surface area contributed by atoms with E-state index in [1.165, 1.54) is 4.90 Å². The molecule has 298 valence electrons. The summed E-state index contributed by atoms with van der Waals surface area (Å²) in [5, 5.41) is 43.9. The molecular formula is C42H65NO10. The second kappa shape index (κ2) is 19.8. The van der Waals surface area contributed by atoms with Crippen LogP contribution in [0, 0.1) is 29.6 Å². The molecule has 1 amide bonds. The average Bonchev–Trinajstić information content (AvgIpc) is 3.12. The van der Waals surface area contributed by atoms with Gasteiger partial charge in [-0.2, -0.15) is 0 Å². The molecule has 53 heavy (non-hydrogen) atoms. The van der Waals surface area contributed by atoms with Gasteiger partial charge in [0.2, 0.25) is 5.79 Å². The van der Waals surface area contributed by atoms with Gasteiger partial charge in [0.05, 0.1) is 24.4 Å². The summed E-state index contributed by atoms with van der Waals surface area (Å²) in [4.78, 5) is 56.3. The topological polar surface area (TPSA) is 171 Å². The normalized spacial score (nSPS) is 40.8. The Morgan fingerprint density at radius 1 is 0.868 bits per heavy atom. The highest BCUT2D eigenvalue weighted by Gasteiger charge is 2.53. The number of piperidine rings is 1. The highest BCUT2D eigenvalue weighted by molar-refractivity contribution is 6.39. The molecule has 11 heteroatoms. The third-order valence-electron chi connectivity index (χ3n) is 12.2. The largest absolute Gasteiger partial charge is 0.460 e. The molecule has 0 radical (unpaired) electrons. The van der Waals surface area contributed by atoms with Crippen LogP contribution in [-0.4, -0.2) is 97.7 Å². The first-order valence-corrected chi connectivity index (χ1v) is 20.1. The van der Waals surface area contributed by atoms with Gasteiger partial charge in [0.15, 0.2) is 0 Å². The minimum Gasteiger partial charge on any atom is -0.460 e. The lowest BCUT2D eigenvalue weighted by Gasteiger charge is -2.42. The van der Waals surface area contributed by atoms with Gasteiger partial charge >= 0.3 is 5.97 Å². The Morgan fingerprint density at radius 2 is 1.58 bits per heavy atom. The predicted octanol–water partition coefficient (Wildman–Crippen LogP) is 5.13. The van der Waals surface area contributed by atoms with Gasteiger partial charge in [-0.3, -0.25) is 14.4 Å². The van der Waals surface area contributed by atoms with Crippen LogP contribution in [0.2, 0.25) is 0 Å². The number of allylic oxidation sites excluding steroid dienone is 5. The van der Waals surface area contributed by atoms with E-state index < -0.39 is 59.8 Å². The van der Waals surface area contributed by atoms with Crippen LogP contribution < -0.4 is 0 Å². The molecule has 1 aliphatic carbocycles. The number of fused-ring (bicyclic) bond motifs is 3. The third-order valence-corrected chi connectivity index (χ3v) is 12.2. The number of hydrogen-bond donors (Lipinski definition) is 4. The predicted molar refractivity (Wildman–Crippen MR) is 200 cm³/mol. The number of Topliss-reactive ketones (excluding diaryl/α,β-unsaturated/α-hetero) is 2. The van der Waals surface area contributed by atoms with Crippen molar-refractivity contribution in [2.75, 3.05) is 6.54 Å². The summed E-state index contributed by atoms with van der Waals surface area (Å²) in [7, 11) is 0. The summed E-state index contributed by atoms with van der Waals surface area (Å²) in [6.45, 7) is 9.41. The van der Waals surface area contributed by atoms with E-state index in [2.05, 4.69) is 0 Å². The SMILES string of the molecule is C\C1=C/C=C/C=C/[C@@H](C)C[C@@H](C)C(=O)C[C@H](O)CC([C@H](C)C[C@H]2CC[C@H](O)CC2)OC(=O)[C@@H]2CCCCN2C(=O)C(=O)[C@]2(O)O[C@@H](CC[C@H]2C)C[C@@H]1O. The minimum atomic E-state index is -2.42. The lowest BCUT2D eigenvalue weighted by atomic mass is 9.79. The maximum atomic E-state index is 14.0. The fourth-order valence-electron chi connectivity index (χ4n) is 8.51. The van der Waals surface area contributed by atoms with Crippen molar-refractivity contribution in [1.82, 2.24) is 4.90 Å². The molecule has 3 heterocycles. The molecule has 11 nitrogen and oxygen atoms in total. The smallest absolute Gasteiger partial charge is 0.329 e. The average molecular weight is 744 g/mol. The maximum Gasteiger partial charge on any atom is 0.329 e. The van der Waals surface area contributed by atoms with Gasteiger partial charge in [0.1, 0.15) is 17.9 Å². The molecular weight excluding hydrogens is 678 g/mol. The first-order valence-electron chi connectivity index (χ1n) is 20.1. The van der Waals surface area contributed by atoms with Crippen LogP contribution >= 0.6 is 0 Å². The van der Waals surface area contributed by atoms with Crippen LogP contribution in [-0.2, 0) is 28.7 Å². The Morgan fingerprint density at radius 3 is 2.30 bits per heavy atom. The number of ketones is 2. The number of aliphatic hydroxyl groups is 4. The van der Waals surface area contributed by atoms with Gasteiger partial charge < -0.3 is 34.8 Å². The Kier molecular flexibility index (Phi) is 16.0. The van der Waals surface area contributed by atoms with E-state index in [0.29, 0.717) is 62.9 Å². The summed E-state index contributed by atoms with van der Waals surface area (Å²) >= 11 is 0. The molecule has 4 aliphatic rings. The van der Waals surface area contributed by atoms with E-state index in [0.717, 1.165) is 12.8 Å². The molecule has 10 atom stereocenters. The molecule has 1 unspecified atom stereocenters. The Bertz CT molecular complexity index is 1350. The van der Waals surface area contributed by atoms with Crippen LogP contribution in [0.15, 0.2) is 36.0 Å². The number of carbonyl (C=O) groups excluding carboxylic acids is 4. The van der Waals surface area contributed by atoms with E-state index in [9.17, 15) is 39.6 Å². The number of esters is 1. The van der Waals surface area contributed by atoms with E-state index in [-0.39, 0.29) is 61.9 Å². The Labute approximate surface area is 315 Å². The third kappa shape index (κ3) is 11.9. The number of nitrogens with zero attached hydrogens (tertiary/aromatic N) is 1. The summed E-state index contributed by atoms with van der Waals surface area (Å²) in [6.07, 6.45) is 12.5. The van der Waals surface area contributed by atoms with Crippen molar-refractivity contribution in [1.29, 1.82) is 0 Å². The zero-order valence-corrected chi connectivity index (χ0v) is 32.5. The lowest BCUT2D eigenvalue weighted by Crippen LogP contribution is -2.61. The van der Waals surface area contributed by atoms with E-state index in [1.807, 2.05) is 45.1 Å². The summed E-state index contributed by atoms with van der Waals surface area (Å²) in [6, 6.07) is -1.07. The van der Waals surface area contributed by atoms with Crippen molar-refractivity contribution in [3.8, 4) is 0 Å². The van der Waals surface area contributed by atoms with Crippen LogP contribution in [0.1, 0.15) is 125 Å². The first kappa shape index (κ1) is 43.0. The molecule has 0 spiro atoms. The Hall–Kier alpha value is -2.70. The molecule has 0 aromatic carbocycles. The summed E-state index contributed by atoms with van der Waals surface area (Å²) < 4.78 is 12.1. The quantitative estimate of drug-likeness (QED) is 0.225. The van der Waals surface area contributed by atoms with Crippen LogP contribution in [0.4, 0.5) is 0 Å².